The summed E-state index contributed by atoms with van der Waals surface area (Å²) in [5.41, 5.74) is 2.41. The molecule has 0 aliphatic carbocycles. The molecule has 1 aromatic carbocycles. The number of ether oxygens (including phenoxy) is 2. The van der Waals surface area contributed by atoms with E-state index in [1.54, 1.807) is 0 Å². The smallest absolute Gasteiger partial charge is 0.124 e. The van der Waals surface area contributed by atoms with Crippen LogP contribution in [0.4, 0.5) is 0 Å². The van der Waals surface area contributed by atoms with Crippen LogP contribution in [0, 0.1) is 0 Å². The molecule has 1 aromatic rings. The van der Waals surface area contributed by atoms with Crippen molar-refractivity contribution in [3.05, 3.63) is 29.3 Å². The van der Waals surface area contributed by atoms with Crippen molar-refractivity contribution in [3.63, 3.8) is 0 Å². The minimum Gasteiger partial charge on any atom is -0.490 e. The first kappa shape index (κ1) is 12.9. The highest BCUT2D eigenvalue weighted by Crippen LogP contribution is 2.37. The highest BCUT2D eigenvalue weighted by atomic mass is 16.5. The Morgan fingerprint density at radius 1 is 1.32 bits per heavy atom. The number of nitrogens with zero attached hydrogens (tertiary/aromatic N) is 1. The van der Waals surface area contributed by atoms with Gasteiger partial charge in [-0.25, -0.2) is 0 Å². The van der Waals surface area contributed by atoms with Gasteiger partial charge in [0.05, 0.1) is 19.3 Å². The zero-order valence-corrected chi connectivity index (χ0v) is 11.3. The van der Waals surface area contributed by atoms with E-state index in [9.17, 15) is 5.11 Å². The molecule has 2 aliphatic heterocycles. The molecule has 4 heteroatoms. The van der Waals surface area contributed by atoms with Gasteiger partial charge >= 0.3 is 0 Å². The first-order valence-electron chi connectivity index (χ1n) is 7.05. The third kappa shape index (κ3) is 2.48. The summed E-state index contributed by atoms with van der Waals surface area (Å²) in [5, 5.41) is 10.3. The highest BCUT2D eigenvalue weighted by molar-refractivity contribution is 5.41. The molecule has 0 amide bonds. The van der Waals surface area contributed by atoms with E-state index in [0.717, 1.165) is 44.0 Å². The van der Waals surface area contributed by atoms with Crippen LogP contribution in [0.2, 0.25) is 0 Å². The number of aryl methyl sites for hydroxylation is 1. The van der Waals surface area contributed by atoms with Crippen LogP contribution in [-0.2, 0) is 11.2 Å². The summed E-state index contributed by atoms with van der Waals surface area (Å²) in [7, 11) is 0. The fraction of sp³-hybridized carbons (Fsp3) is 0.600. The Morgan fingerprint density at radius 2 is 2.11 bits per heavy atom. The van der Waals surface area contributed by atoms with Gasteiger partial charge in [0.2, 0.25) is 0 Å². The van der Waals surface area contributed by atoms with Crippen molar-refractivity contribution in [1.82, 2.24) is 4.90 Å². The Bertz CT molecular complexity index is 443. The van der Waals surface area contributed by atoms with Gasteiger partial charge in [-0.2, -0.15) is 0 Å². The fourth-order valence-corrected chi connectivity index (χ4v) is 2.95. The first-order chi connectivity index (χ1) is 9.29. The summed E-state index contributed by atoms with van der Waals surface area (Å²) in [6.45, 7) is 5.75. The van der Waals surface area contributed by atoms with Crippen molar-refractivity contribution < 1.29 is 14.6 Å². The lowest BCUT2D eigenvalue weighted by atomic mass is 9.94. The lowest BCUT2D eigenvalue weighted by Crippen LogP contribution is -2.47. The molecule has 0 aromatic heterocycles. The molecule has 2 unspecified atom stereocenters. The van der Waals surface area contributed by atoms with Crippen LogP contribution in [0.3, 0.4) is 0 Å². The van der Waals surface area contributed by atoms with Crippen LogP contribution in [0.5, 0.6) is 5.75 Å². The molecular formula is C15H21NO3. The van der Waals surface area contributed by atoms with Gasteiger partial charge in [-0.05, 0) is 18.1 Å². The lowest BCUT2D eigenvalue weighted by Gasteiger charge is -2.40. The summed E-state index contributed by atoms with van der Waals surface area (Å²) < 4.78 is 11.1. The normalized spacial score (nSPS) is 27.7. The minimum absolute atomic E-state index is 0.0409. The zero-order valence-electron chi connectivity index (χ0n) is 11.3. The SMILES string of the molecule is CCc1ccc2c(c1)C(N1CCOCC1)C(O)CO2. The third-order valence-electron chi connectivity index (χ3n) is 4.01. The number of rotatable bonds is 2. The number of fused-ring (bicyclic) bond motifs is 1. The number of hydrogen-bond acceptors (Lipinski definition) is 4. The summed E-state index contributed by atoms with van der Waals surface area (Å²) >= 11 is 0. The van der Waals surface area contributed by atoms with E-state index < -0.39 is 6.10 Å². The molecule has 19 heavy (non-hydrogen) atoms. The number of morpholine rings is 1. The summed E-state index contributed by atoms with van der Waals surface area (Å²) in [6, 6.07) is 6.36. The Balaban J connectivity index is 1.94. The second-order valence-corrected chi connectivity index (χ2v) is 5.20. The number of benzene rings is 1. The molecule has 1 N–H and O–H groups in total. The van der Waals surface area contributed by atoms with Crippen molar-refractivity contribution >= 4 is 0 Å². The third-order valence-corrected chi connectivity index (χ3v) is 4.01. The molecule has 1 saturated heterocycles. The lowest BCUT2D eigenvalue weighted by molar-refractivity contribution is -0.0443. The second kappa shape index (κ2) is 5.49. The zero-order chi connectivity index (χ0) is 13.2. The van der Waals surface area contributed by atoms with E-state index in [0.29, 0.717) is 6.61 Å². The molecular weight excluding hydrogens is 242 g/mol. The van der Waals surface area contributed by atoms with Crippen molar-refractivity contribution in [2.45, 2.75) is 25.5 Å². The van der Waals surface area contributed by atoms with E-state index >= 15 is 0 Å². The maximum Gasteiger partial charge on any atom is 0.124 e. The largest absolute Gasteiger partial charge is 0.490 e. The second-order valence-electron chi connectivity index (χ2n) is 5.20. The summed E-state index contributed by atoms with van der Waals surface area (Å²) in [4.78, 5) is 2.31. The van der Waals surface area contributed by atoms with Crippen molar-refractivity contribution in [2.75, 3.05) is 32.9 Å². The van der Waals surface area contributed by atoms with Gasteiger partial charge in [-0.1, -0.05) is 19.1 Å². The molecule has 4 nitrogen and oxygen atoms in total. The van der Waals surface area contributed by atoms with Gasteiger partial charge < -0.3 is 14.6 Å². The van der Waals surface area contributed by atoms with E-state index in [-0.39, 0.29) is 6.04 Å². The molecule has 0 radical (unpaired) electrons. The van der Waals surface area contributed by atoms with E-state index in [1.807, 2.05) is 6.07 Å². The topological polar surface area (TPSA) is 41.9 Å². The number of aliphatic hydroxyl groups is 1. The maximum atomic E-state index is 10.3. The molecule has 2 atom stereocenters. The highest BCUT2D eigenvalue weighted by Gasteiger charge is 2.34. The monoisotopic (exact) mass is 263 g/mol. The van der Waals surface area contributed by atoms with Gasteiger partial charge in [0.1, 0.15) is 18.5 Å². The summed E-state index contributed by atoms with van der Waals surface area (Å²) in [6.07, 6.45) is 0.539. The van der Waals surface area contributed by atoms with Crippen LogP contribution in [0.1, 0.15) is 24.1 Å². The fourth-order valence-electron chi connectivity index (χ4n) is 2.95. The quantitative estimate of drug-likeness (QED) is 0.875. The first-order valence-corrected chi connectivity index (χ1v) is 7.05. The van der Waals surface area contributed by atoms with Crippen LogP contribution >= 0.6 is 0 Å². The van der Waals surface area contributed by atoms with Gasteiger partial charge in [0, 0.05) is 18.7 Å². The number of hydrogen-bond donors (Lipinski definition) is 1. The predicted octanol–water partition coefficient (Wildman–Crippen LogP) is 1.38. The Kier molecular flexibility index (Phi) is 3.73. The van der Waals surface area contributed by atoms with E-state index in [2.05, 4.69) is 24.0 Å². The van der Waals surface area contributed by atoms with Gasteiger partial charge in [-0.15, -0.1) is 0 Å². The van der Waals surface area contributed by atoms with Crippen LogP contribution in [0.15, 0.2) is 18.2 Å². The van der Waals surface area contributed by atoms with Gasteiger partial charge in [-0.3, -0.25) is 4.90 Å². The average Bonchev–Trinajstić information content (AvgIpc) is 2.47. The van der Waals surface area contributed by atoms with E-state index in [1.165, 1.54) is 5.56 Å². The van der Waals surface area contributed by atoms with Crippen molar-refractivity contribution in [2.24, 2.45) is 0 Å². The predicted molar refractivity (Wildman–Crippen MR) is 72.5 cm³/mol. The Morgan fingerprint density at radius 3 is 2.84 bits per heavy atom. The Labute approximate surface area is 113 Å². The molecule has 2 heterocycles. The Hall–Kier alpha value is -1.10. The van der Waals surface area contributed by atoms with Gasteiger partial charge in [0.15, 0.2) is 0 Å². The molecule has 0 saturated carbocycles. The standard InChI is InChI=1S/C15H21NO3/c1-2-11-3-4-14-12(9-11)15(13(17)10-19-14)16-5-7-18-8-6-16/h3-4,9,13,15,17H,2,5-8,10H2,1H3. The number of aliphatic hydroxyl groups excluding tert-OH is 1. The molecule has 104 valence electrons. The molecule has 0 spiro atoms. The molecule has 2 aliphatic rings. The molecule has 0 bridgehead atoms. The van der Waals surface area contributed by atoms with Crippen LogP contribution in [0.25, 0.3) is 0 Å². The van der Waals surface area contributed by atoms with E-state index in [4.69, 9.17) is 9.47 Å². The van der Waals surface area contributed by atoms with Crippen LogP contribution < -0.4 is 4.74 Å². The van der Waals surface area contributed by atoms with Gasteiger partial charge in [0.25, 0.3) is 0 Å². The average molecular weight is 263 g/mol. The minimum atomic E-state index is -0.460. The van der Waals surface area contributed by atoms with Crippen molar-refractivity contribution in [3.8, 4) is 5.75 Å². The van der Waals surface area contributed by atoms with Crippen LogP contribution in [-0.4, -0.2) is 49.0 Å². The van der Waals surface area contributed by atoms with Crippen molar-refractivity contribution in [1.29, 1.82) is 0 Å². The molecule has 3 rings (SSSR count). The summed E-state index contributed by atoms with van der Waals surface area (Å²) in [5.74, 6) is 0.916. The molecule has 1 fully saturated rings. The maximum absolute atomic E-state index is 10.3.